The van der Waals surface area contributed by atoms with E-state index in [1.165, 1.54) is 5.57 Å². The number of aromatic nitrogens is 2. The summed E-state index contributed by atoms with van der Waals surface area (Å²) in [5.74, 6) is -0.0401. The van der Waals surface area contributed by atoms with E-state index in [0.29, 0.717) is 5.56 Å². The molecular formula is C18H22ClN3O. The molecule has 0 saturated heterocycles. The second-order valence-corrected chi connectivity index (χ2v) is 6.66. The molecular weight excluding hydrogens is 310 g/mol. The number of rotatable bonds is 2. The maximum Gasteiger partial charge on any atom is 0.251 e. The van der Waals surface area contributed by atoms with Crippen LogP contribution in [0.3, 0.4) is 0 Å². The van der Waals surface area contributed by atoms with Gasteiger partial charge in [-0.3, -0.25) is 4.79 Å². The molecule has 1 aromatic heterocycles. The average Bonchev–Trinajstić information content (AvgIpc) is 2.94. The second-order valence-electron chi connectivity index (χ2n) is 6.66. The minimum absolute atomic E-state index is 0. The van der Waals surface area contributed by atoms with E-state index in [2.05, 4.69) is 20.9 Å². The van der Waals surface area contributed by atoms with Crippen molar-refractivity contribution in [3.05, 3.63) is 59.7 Å². The number of imidazole rings is 1. The van der Waals surface area contributed by atoms with Gasteiger partial charge < -0.3 is 9.88 Å². The number of hydrogen-bond donors (Lipinski definition) is 1. The molecule has 1 aliphatic heterocycles. The summed E-state index contributed by atoms with van der Waals surface area (Å²) in [6, 6.07) is 7.78. The lowest BCUT2D eigenvalue weighted by atomic mass is 9.98. The predicted molar refractivity (Wildman–Crippen MR) is 94.8 cm³/mol. The second kappa shape index (κ2) is 6.59. The van der Waals surface area contributed by atoms with E-state index in [1.807, 2.05) is 57.6 Å². The number of fused-ring (bicyclic) bond motifs is 1. The van der Waals surface area contributed by atoms with Gasteiger partial charge in [-0.25, -0.2) is 4.98 Å². The topological polar surface area (TPSA) is 46.9 Å². The highest BCUT2D eigenvalue weighted by Crippen LogP contribution is 2.27. The van der Waals surface area contributed by atoms with Gasteiger partial charge in [0, 0.05) is 23.2 Å². The summed E-state index contributed by atoms with van der Waals surface area (Å²) in [4.78, 5) is 16.4. The Morgan fingerprint density at radius 2 is 1.91 bits per heavy atom. The summed E-state index contributed by atoms with van der Waals surface area (Å²) in [7, 11) is 0. The van der Waals surface area contributed by atoms with Crippen LogP contribution in [0, 0.1) is 0 Å². The highest BCUT2D eigenvalue weighted by Gasteiger charge is 2.17. The molecule has 0 unspecified atom stereocenters. The van der Waals surface area contributed by atoms with Crippen LogP contribution in [0.15, 0.2) is 42.9 Å². The Labute approximate surface area is 143 Å². The fourth-order valence-electron chi connectivity index (χ4n) is 2.66. The molecule has 0 bridgehead atoms. The molecule has 122 valence electrons. The molecule has 0 aliphatic carbocycles. The van der Waals surface area contributed by atoms with Gasteiger partial charge in [0.1, 0.15) is 0 Å². The molecule has 0 atom stereocenters. The zero-order chi connectivity index (χ0) is 15.7. The Bertz CT molecular complexity index is 723. The molecule has 0 fully saturated rings. The van der Waals surface area contributed by atoms with Crippen molar-refractivity contribution in [1.29, 1.82) is 0 Å². The maximum atomic E-state index is 12.2. The molecule has 1 aliphatic rings. The van der Waals surface area contributed by atoms with Crippen LogP contribution >= 0.6 is 12.4 Å². The van der Waals surface area contributed by atoms with Crippen molar-refractivity contribution in [2.45, 2.75) is 39.3 Å². The number of allylic oxidation sites excluding steroid dienone is 1. The molecule has 23 heavy (non-hydrogen) atoms. The summed E-state index contributed by atoms with van der Waals surface area (Å²) < 4.78 is 2.16. The van der Waals surface area contributed by atoms with Crippen molar-refractivity contribution in [2.75, 3.05) is 0 Å². The molecule has 0 saturated carbocycles. The van der Waals surface area contributed by atoms with E-state index in [1.54, 1.807) is 0 Å². The molecule has 0 radical (unpaired) electrons. The minimum atomic E-state index is -0.228. The Morgan fingerprint density at radius 3 is 2.57 bits per heavy atom. The standard InChI is InChI=1S/C18H21N3O.ClH/c1-18(2,3)20-17(22)14-8-6-13(7-9-14)15-5-4-10-21-12-19-11-16(15)21;/h5-9,11-12H,4,10H2,1-3H3,(H,20,22);1H. The van der Waals surface area contributed by atoms with Gasteiger partial charge in [0.25, 0.3) is 5.91 Å². The van der Waals surface area contributed by atoms with Gasteiger partial charge in [0.15, 0.2) is 0 Å². The van der Waals surface area contributed by atoms with Crippen molar-refractivity contribution in [1.82, 2.24) is 14.9 Å². The van der Waals surface area contributed by atoms with Crippen LogP contribution in [0.25, 0.3) is 5.57 Å². The summed E-state index contributed by atoms with van der Waals surface area (Å²) >= 11 is 0. The predicted octanol–water partition coefficient (Wildman–Crippen LogP) is 3.67. The first-order chi connectivity index (χ1) is 10.4. The van der Waals surface area contributed by atoms with Crippen molar-refractivity contribution < 1.29 is 4.79 Å². The van der Waals surface area contributed by atoms with Crippen LogP contribution in [0.4, 0.5) is 0 Å². The smallest absolute Gasteiger partial charge is 0.251 e. The number of carbonyl (C=O) groups is 1. The van der Waals surface area contributed by atoms with E-state index < -0.39 is 0 Å². The average molecular weight is 332 g/mol. The van der Waals surface area contributed by atoms with Gasteiger partial charge in [-0.15, -0.1) is 12.4 Å². The Kier molecular flexibility index (Phi) is 4.95. The SMILES string of the molecule is CC(C)(C)NC(=O)c1ccc(C2=CCCn3cncc32)cc1.Cl. The number of aryl methyl sites for hydroxylation is 1. The first-order valence-electron chi connectivity index (χ1n) is 7.58. The number of hydrogen-bond acceptors (Lipinski definition) is 2. The minimum Gasteiger partial charge on any atom is -0.347 e. The van der Waals surface area contributed by atoms with Crippen LogP contribution in [-0.2, 0) is 6.54 Å². The fraction of sp³-hybridized carbons (Fsp3) is 0.333. The van der Waals surface area contributed by atoms with Crippen molar-refractivity contribution in [3.8, 4) is 0 Å². The third-order valence-corrected chi connectivity index (χ3v) is 3.65. The third-order valence-electron chi connectivity index (χ3n) is 3.65. The van der Waals surface area contributed by atoms with Gasteiger partial charge in [-0.1, -0.05) is 18.2 Å². The zero-order valence-electron chi connectivity index (χ0n) is 13.7. The zero-order valence-corrected chi connectivity index (χ0v) is 14.5. The fourth-order valence-corrected chi connectivity index (χ4v) is 2.66. The van der Waals surface area contributed by atoms with E-state index in [4.69, 9.17) is 0 Å². The largest absolute Gasteiger partial charge is 0.347 e. The summed E-state index contributed by atoms with van der Waals surface area (Å²) in [6.07, 6.45) is 7.00. The Morgan fingerprint density at radius 1 is 1.22 bits per heavy atom. The third kappa shape index (κ3) is 3.82. The normalized spacial score (nSPS) is 13.6. The number of halogens is 1. The van der Waals surface area contributed by atoms with Crippen LogP contribution in [-0.4, -0.2) is 21.0 Å². The first-order valence-corrected chi connectivity index (χ1v) is 7.58. The lowest BCUT2D eigenvalue weighted by molar-refractivity contribution is 0.0919. The van der Waals surface area contributed by atoms with Crippen molar-refractivity contribution in [2.24, 2.45) is 0 Å². The number of amides is 1. The lowest BCUT2D eigenvalue weighted by Crippen LogP contribution is -2.40. The van der Waals surface area contributed by atoms with Gasteiger partial charge in [0.2, 0.25) is 0 Å². The quantitative estimate of drug-likeness (QED) is 0.912. The monoisotopic (exact) mass is 331 g/mol. The van der Waals surface area contributed by atoms with E-state index >= 15 is 0 Å². The summed E-state index contributed by atoms with van der Waals surface area (Å²) in [6.45, 7) is 6.92. The van der Waals surface area contributed by atoms with Crippen molar-refractivity contribution >= 4 is 23.9 Å². The highest BCUT2D eigenvalue weighted by molar-refractivity contribution is 5.95. The molecule has 5 heteroatoms. The summed E-state index contributed by atoms with van der Waals surface area (Å²) in [5, 5.41) is 2.98. The number of carbonyl (C=O) groups excluding carboxylic acids is 1. The number of nitrogens with one attached hydrogen (secondary N) is 1. The van der Waals surface area contributed by atoms with Crippen LogP contribution < -0.4 is 5.32 Å². The Hall–Kier alpha value is -2.07. The highest BCUT2D eigenvalue weighted by atomic mass is 35.5. The molecule has 2 heterocycles. The van der Waals surface area contributed by atoms with Gasteiger partial charge in [-0.05, 0) is 44.9 Å². The molecule has 1 aromatic carbocycles. The molecule has 1 N–H and O–H groups in total. The van der Waals surface area contributed by atoms with E-state index in [0.717, 1.165) is 24.2 Å². The molecule has 4 nitrogen and oxygen atoms in total. The van der Waals surface area contributed by atoms with Gasteiger partial charge in [-0.2, -0.15) is 0 Å². The van der Waals surface area contributed by atoms with Crippen LogP contribution in [0.1, 0.15) is 48.8 Å². The van der Waals surface area contributed by atoms with E-state index in [9.17, 15) is 4.79 Å². The first kappa shape index (κ1) is 17.3. The molecule has 3 rings (SSSR count). The number of benzene rings is 1. The Balaban J connectivity index is 0.00000192. The molecule has 0 spiro atoms. The lowest BCUT2D eigenvalue weighted by Gasteiger charge is -2.21. The van der Waals surface area contributed by atoms with Crippen molar-refractivity contribution in [3.63, 3.8) is 0 Å². The van der Waals surface area contributed by atoms with Gasteiger partial charge >= 0.3 is 0 Å². The summed E-state index contributed by atoms with van der Waals surface area (Å²) in [5.41, 5.74) is 3.90. The molecule has 2 aromatic rings. The number of nitrogens with zero attached hydrogens (tertiary/aromatic N) is 2. The van der Waals surface area contributed by atoms with E-state index in [-0.39, 0.29) is 23.9 Å². The van der Waals surface area contributed by atoms with Gasteiger partial charge in [0.05, 0.1) is 18.2 Å². The van der Waals surface area contributed by atoms with Crippen LogP contribution in [0.5, 0.6) is 0 Å². The van der Waals surface area contributed by atoms with Crippen LogP contribution in [0.2, 0.25) is 0 Å². The maximum absolute atomic E-state index is 12.2. The molecule has 1 amide bonds.